The van der Waals surface area contributed by atoms with Crippen molar-refractivity contribution in [1.29, 1.82) is 0 Å². The van der Waals surface area contributed by atoms with Crippen LogP contribution in [0.15, 0.2) is 18.2 Å². The highest BCUT2D eigenvalue weighted by Crippen LogP contribution is 2.19. The summed E-state index contributed by atoms with van der Waals surface area (Å²) >= 11 is 0. The standard InChI is InChI=1S/C15H24FNO2/c1-11(18)7-8-19-14-6-5-12(9-13(14)16)10-17-15(2,3)4/h5-6,9,11,17-18H,7-8,10H2,1-4H3. The molecule has 0 aliphatic rings. The van der Waals surface area contributed by atoms with E-state index >= 15 is 0 Å². The summed E-state index contributed by atoms with van der Waals surface area (Å²) < 4.78 is 19.1. The van der Waals surface area contributed by atoms with Crippen LogP contribution in [0.3, 0.4) is 0 Å². The van der Waals surface area contributed by atoms with Gasteiger partial charge in [-0.15, -0.1) is 0 Å². The van der Waals surface area contributed by atoms with E-state index in [1.165, 1.54) is 6.07 Å². The molecule has 0 bridgehead atoms. The van der Waals surface area contributed by atoms with Crippen LogP contribution >= 0.6 is 0 Å². The maximum atomic E-state index is 13.8. The van der Waals surface area contributed by atoms with Crippen LogP contribution in [0.2, 0.25) is 0 Å². The van der Waals surface area contributed by atoms with Gasteiger partial charge in [-0.25, -0.2) is 4.39 Å². The smallest absolute Gasteiger partial charge is 0.165 e. The Labute approximate surface area is 114 Å². The first kappa shape index (κ1) is 15.9. The molecular formula is C15H24FNO2. The van der Waals surface area contributed by atoms with Crippen LogP contribution < -0.4 is 10.1 Å². The van der Waals surface area contributed by atoms with Crippen LogP contribution in [0.1, 0.15) is 39.7 Å². The number of aliphatic hydroxyl groups excluding tert-OH is 1. The predicted molar refractivity (Wildman–Crippen MR) is 74.8 cm³/mol. The lowest BCUT2D eigenvalue weighted by molar-refractivity contribution is 0.154. The molecule has 1 aromatic rings. The predicted octanol–water partition coefficient (Wildman–Crippen LogP) is 2.86. The molecule has 0 spiro atoms. The van der Waals surface area contributed by atoms with Gasteiger partial charge in [0.2, 0.25) is 0 Å². The second kappa shape index (κ2) is 6.87. The van der Waals surface area contributed by atoms with E-state index in [-0.39, 0.29) is 17.1 Å². The van der Waals surface area contributed by atoms with Crippen molar-refractivity contribution in [2.24, 2.45) is 0 Å². The van der Waals surface area contributed by atoms with Crippen molar-refractivity contribution >= 4 is 0 Å². The number of hydrogen-bond acceptors (Lipinski definition) is 3. The lowest BCUT2D eigenvalue weighted by Crippen LogP contribution is -2.35. The second-order valence-corrected chi connectivity index (χ2v) is 5.85. The lowest BCUT2D eigenvalue weighted by Gasteiger charge is -2.20. The van der Waals surface area contributed by atoms with Crippen LogP contribution in [0.4, 0.5) is 4.39 Å². The molecule has 0 fully saturated rings. The minimum Gasteiger partial charge on any atom is -0.490 e. The van der Waals surface area contributed by atoms with E-state index < -0.39 is 6.10 Å². The van der Waals surface area contributed by atoms with Gasteiger partial charge in [-0.05, 0) is 45.4 Å². The average Bonchev–Trinajstić information content (AvgIpc) is 2.27. The molecule has 2 N–H and O–H groups in total. The number of ether oxygens (including phenoxy) is 1. The van der Waals surface area contributed by atoms with E-state index in [0.717, 1.165) is 5.56 Å². The molecule has 1 unspecified atom stereocenters. The highest BCUT2D eigenvalue weighted by molar-refractivity contribution is 5.29. The van der Waals surface area contributed by atoms with Gasteiger partial charge in [0.25, 0.3) is 0 Å². The molecule has 0 aliphatic carbocycles. The Kier molecular flexibility index (Phi) is 5.76. The molecule has 0 saturated heterocycles. The first-order chi connectivity index (χ1) is 8.78. The normalized spacial score (nSPS) is 13.4. The zero-order chi connectivity index (χ0) is 14.5. The molecule has 1 rings (SSSR count). The minimum atomic E-state index is -0.432. The molecule has 1 atom stereocenters. The SMILES string of the molecule is CC(O)CCOc1ccc(CNC(C)(C)C)cc1F. The van der Waals surface area contributed by atoms with E-state index in [0.29, 0.717) is 19.6 Å². The zero-order valence-electron chi connectivity index (χ0n) is 12.2. The van der Waals surface area contributed by atoms with Crippen LogP contribution in [0.5, 0.6) is 5.75 Å². The molecule has 0 heterocycles. The van der Waals surface area contributed by atoms with Gasteiger partial charge in [0.05, 0.1) is 12.7 Å². The number of rotatable bonds is 6. The van der Waals surface area contributed by atoms with Crippen LogP contribution in [-0.2, 0) is 6.54 Å². The molecule has 4 heteroatoms. The molecule has 0 radical (unpaired) electrons. The summed E-state index contributed by atoms with van der Waals surface area (Å²) in [5.74, 6) is -0.126. The maximum Gasteiger partial charge on any atom is 0.165 e. The summed E-state index contributed by atoms with van der Waals surface area (Å²) in [6, 6.07) is 4.97. The molecular weight excluding hydrogens is 245 g/mol. The van der Waals surface area contributed by atoms with Gasteiger partial charge in [-0.3, -0.25) is 0 Å². The van der Waals surface area contributed by atoms with Crippen LogP contribution in [0.25, 0.3) is 0 Å². The van der Waals surface area contributed by atoms with Gasteiger partial charge in [-0.2, -0.15) is 0 Å². The van der Waals surface area contributed by atoms with E-state index in [1.54, 1.807) is 13.0 Å². The van der Waals surface area contributed by atoms with Crippen LogP contribution in [-0.4, -0.2) is 23.4 Å². The van der Waals surface area contributed by atoms with Crippen molar-refractivity contribution in [3.05, 3.63) is 29.6 Å². The zero-order valence-corrected chi connectivity index (χ0v) is 12.2. The molecule has 108 valence electrons. The Morgan fingerprint density at radius 2 is 2.05 bits per heavy atom. The molecule has 1 aromatic carbocycles. The van der Waals surface area contributed by atoms with Gasteiger partial charge < -0.3 is 15.2 Å². The molecule has 0 aliphatic heterocycles. The van der Waals surface area contributed by atoms with E-state index in [9.17, 15) is 4.39 Å². The van der Waals surface area contributed by atoms with Gasteiger partial charge in [0.1, 0.15) is 0 Å². The third-order valence-electron chi connectivity index (χ3n) is 2.61. The molecule has 0 saturated carbocycles. The number of benzene rings is 1. The van der Waals surface area contributed by atoms with E-state index in [1.807, 2.05) is 6.07 Å². The van der Waals surface area contributed by atoms with Crippen molar-refractivity contribution in [3.63, 3.8) is 0 Å². The van der Waals surface area contributed by atoms with Gasteiger partial charge in [0.15, 0.2) is 11.6 Å². The molecule has 0 aromatic heterocycles. The van der Waals surface area contributed by atoms with Gasteiger partial charge in [0, 0.05) is 18.5 Å². The van der Waals surface area contributed by atoms with Crippen molar-refractivity contribution in [1.82, 2.24) is 5.32 Å². The summed E-state index contributed by atoms with van der Waals surface area (Å²) in [5.41, 5.74) is 0.887. The van der Waals surface area contributed by atoms with Crippen molar-refractivity contribution in [3.8, 4) is 5.75 Å². The number of halogens is 1. The molecule has 0 amide bonds. The monoisotopic (exact) mass is 269 g/mol. The highest BCUT2D eigenvalue weighted by Gasteiger charge is 2.10. The summed E-state index contributed by atoms with van der Waals surface area (Å²) in [7, 11) is 0. The first-order valence-corrected chi connectivity index (χ1v) is 6.62. The fourth-order valence-electron chi connectivity index (χ4n) is 1.48. The summed E-state index contributed by atoms with van der Waals surface area (Å²) in [4.78, 5) is 0. The Hall–Kier alpha value is -1.13. The summed E-state index contributed by atoms with van der Waals surface area (Å²) in [6.07, 6.45) is 0.0607. The topological polar surface area (TPSA) is 41.5 Å². The maximum absolute atomic E-state index is 13.8. The average molecular weight is 269 g/mol. The fraction of sp³-hybridized carbons (Fsp3) is 0.600. The van der Waals surface area contributed by atoms with Crippen molar-refractivity contribution < 1.29 is 14.2 Å². The number of hydrogen-bond donors (Lipinski definition) is 2. The number of aliphatic hydroxyl groups is 1. The third kappa shape index (κ3) is 6.55. The largest absolute Gasteiger partial charge is 0.490 e. The minimum absolute atomic E-state index is 0.00289. The second-order valence-electron chi connectivity index (χ2n) is 5.85. The van der Waals surface area contributed by atoms with Crippen molar-refractivity contribution in [2.45, 2.75) is 52.3 Å². The highest BCUT2D eigenvalue weighted by atomic mass is 19.1. The van der Waals surface area contributed by atoms with Gasteiger partial charge >= 0.3 is 0 Å². The Morgan fingerprint density at radius 1 is 1.37 bits per heavy atom. The quantitative estimate of drug-likeness (QED) is 0.834. The molecule has 3 nitrogen and oxygen atoms in total. The van der Waals surface area contributed by atoms with Gasteiger partial charge in [-0.1, -0.05) is 6.07 Å². The van der Waals surface area contributed by atoms with E-state index in [2.05, 4.69) is 26.1 Å². The lowest BCUT2D eigenvalue weighted by atomic mass is 10.1. The fourth-order valence-corrected chi connectivity index (χ4v) is 1.48. The third-order valence-corrected chi connectivity index (χ3v) is 2.61. The Bertz CT molecular complexity index is 400. The number of nitrogens with one attached hydrogen (secondary N) is 1. The van der Waals surface area contributed by atoms with E-state index in [4.69, 9.17) is 9.84 Å². The van der Waals surface area contributed by atoms with Crippen LogP contribution in [0, 0.1) is 5.82 Å². The Morgan fingerprint density at radius 3 is 2.58 bits per heavy atom. The molecule has 19 heavy (non-hydrogen) atoms. The Balaban J connectivity index is 2.54. The summed E-state index contributed by atoms with van der Waals surface area (Å²) in [5, 5.41) is 12.4. The van der Waals surface area contributed by atoms with Crippen molar-refractivity contribution in [2.75, 3.05) is 6.61 Å². The summed E-state index contributed by atoms with van der Waals surface area (Å²) in [6.45, 7) is 8.81. The first-order valence-electron chi connectivity index (χ1n) is 6.62.